The molecule has 4 rings (SSSR count). The molecule has 1 aromatic heterocycles. The molecule has 34 heavy (non-hydrogen) atoms. The van der Waals surface area contributed by atoms with E-state index in [-0.39, 0.29) is 11.7 Å². The van der Waals surface area contributed by atoms with Gasteiger partial charge in [0.1, 0.15) is 11.1 Å². The van der Waals surface area contributed by atoms with E-state index in [2.05, 4.69) is 11.4 Å². The van der Waals surface area contributed by atoms with Gasteiger partial charge >= 0.3 is 0 Å². The fourth-order valence-corrected chi connectivity index (χ4v) is 4.48. The molecule has 0 bridgehead atoms. The van der Waals surface area contributed by atoms with Gasteiger partial charge in [-0.05, 0) is 48.9 Å². The van der Waals surface area contributed by atoms with Crippen molar-refractivity contribution in [3.63, 3.8) is 0 Å². The number of anilines is 1. The lowest BCUT2D eigenvalue weighted by molar-refractivity contribution is -0.113. The van der Waals surface area contributed by atoms with Crippen molar-refractivity contribution < 1.29 is 4.79 Å². The molecule has 0 saturated heterocycles. The van der Waals surface area contributed by atoms with Gasteiger partial charge in [-0.15, -0.1) is 0 Å². The number of nitrogens with one attached hydrogen (secondary N) is 1. The average molecular weight is 504 g/mol. The number of hydrogen-bond acceptors (Lipinski definition) is 4. The topological polar surface area (TPSA) is 65.8 Å². The van der Waals surface area contributed by atoms with Crippen molar-refractivity contribution in [2.45, 2.75) is 11.9 Å². The highest BCUT2D eigenvalue weighted by atomic mass is 35.5. The van der Waals surface area contributed by atoms with Crippen LogP contribution >= 0.6 is 35.0 Å². The number of thioether (sulfide) groups is 1. The molecule has 0 atom stereocenters. The normalized spacial score (nSPS) is 10.5. The lowest BCUT2D eigenvalue weighted by atomic mass is 9.99. The fourth-order valence-electron chi connectivity index (χ4n) is 3.36. The molecule has 0 unspecified atom stereocenters. The van der Waals surface area contributed by atoms with Gasteiger partial charge < -0.3 is 5.32 Å². The molecule has 1 amide bonds. The number of amides is 1. The Balaban J connectivity index is 1.69. The average Bonchev–Trinajstić information content (AvgIpc) is 2.83. The van der Waals surface area contributed by atoms with Crippen molar-refractivity contribution in [3.8, 4) is 28.5 Å². The first-order chi connectivity index (χ1) is 16.4. The fraction of sp³-hybridized carbons (Fsp3) is 0.0741. The summed E-state index contributed by atoms with van der Waals surface area (Å²) < 4.78 is 0. The standard InChI is InChI=1S/C27H19Cl2N3OS/c1-17-5-7-19(8-6-17)25-14-23(18-9-11-20(28)12-10-18)24(15-30)27(32-25)34-16-26(33)31-22-4-2-3-21(29)13-22/h2-14H,16H2,1H3,(H,31,33). The maximum absolute atomic E-state index is 12.6. The zero-order chi connectivity index (χ0) is 24.1. The Bertz CT molecular complexity index is 1380. The van der Waals surface area contributed by atoms with Gasteiger partial charge in [0.2, 0.25) is 5.91 Å². The van der Waals surface area contributed by atoms with Gasteiger partial charge in [0.05, 0.1) is 17.0 Å². The highest BCUT2D eigenvalue weighted by Crippen LogP contribution is 2.35. The van der Waals surface area contributed by atoms with Crippen molar-refractivity contribution >= 4 is 46.6 Å². The monoisotopic (exact) mass is 503 g/mol. The van der Waals surface area contributed by atoms with Crippen LogP contribution in [0.15, 0.2) is 83.9 Å². The van der Waals surface area contributed by atoms with Gasteiger partial charge in [-0.2, -0.15) is 5.26 Å². The molecule has 4 nitrogen and oxygen atoms in total. The lowest BCUT2D eigenvalue weighted by Gasteiger charge is -2.13. The van der Waals surface area contributed by atoms with E-state index in [0.717, 1.165) is 27.9 Å². The summed E-state index contributed by atoms with van der Waals surface area (Å²) in [6.45, 7) is 2.02. The van der Waals surface area contributed by atoms with E-state index in [1.807, 2.05) is 49.4 Å². The molecular weight excluding hydrogens is 485 g/mol. The summed E-state index contributed by atoms with van der Waals surface area (Å²) >= 11 is 13.3. The minimum absolute atomic E-state index is 0.0889. The number of aromatic nitrogens is 1. The summed E-state index contributed by atoms with van der Waals surface area (Å²) in [5.41, 5.74) is 5.41. The van der Waals surface area contributed by atoms with E-state index in [1.165, 1.54) is 11.8 Å². The van der Waals surface area contributed by atoms with E-state index in [1.54, 1.807) is 36.4 Å². The second-order valence-corrected chi connectivity index (χ2v) is 9.40. The van der Waals surface area contributed by atoms with E-state index in [0.29, 0.717) is 26.3 Å². The summed E-state index contributed by atoms with van der Waals surface area (Å²) in [6, 6.07) is 26.5. The Morgan fingerprint density at radius 2 is 1.68 bits per heavy atom. The van der Waals surface area contributed by atoms with Crippen LogP contribution in [0.2, 0.25) is 10.0 Å². The van der Waals surface area contributed by atoms with Crippen LogP contribution in [0.5, 0.6) is 0 Å². The molecular formula is C27H19Cl2N3OS. The van der Waals surface area contributed by atoms with Crippen LogP contribution in [-0.4, -0.2) is 16.6 Å². The summed E-state index contributed by atoms with van der Waals surface area (Å²) in [5, 5.41) is 14.5. The second kappa shape index (κ2) is 10.8. The van der Waals surface area contributed by atoms with Crippen LogP contribution < -0.4 is 5.32 Å². The Kier molecular flexibility index (Phi) is 7.54. The third-order valence-corrected chi connectivity index (χ3v) is 6.51. The Hall–Kier alpha value is -3.30. The minimum Gasteiger partial charge on any atom is -0.325 e. The van der Waals surface area contributed by atoms with Crippen molar-refractivity contribution in [3.05, 3.63) is 100 Å². The third-order valence-electron chi connectivity index (χ3n) is 5.05. The van der Waals surface area contributed by atoms with Gasteiger partial charge in [0, 0.05) is 26.9 Å². The van der Waals surface area contributed by atoms with Crippen molar-refractivity contribution in [2.75, 3.05) is 11.1 Å². The van der Waals surface area contributed by atoms with E-state index >= 15 is 0 Å². The number of carbonyl (C=O) groups excluding carboxylic acids is 1. The molecule has 3 aromatic carbocycles. The van der Waals surface area contributed by atoms with E-state index in [9.17, 15) is 10.1 Å². The summed E-state index contributed by atoms with van der Waals surface area (Å²) in [5.74, 6) is -0.127. The van der Waals surface area contributed by atoms with Gasteiger partial charge in [-0.1, -0.05) is 83.0 Å². The van der Waals surface area contributed by atoms with Crippen LogP contribution in [0.4, 0.5) is 5.69 Å². The molecule has 168 valence electrons. The number of nitrogens with zero attached hydrogens (tertiary/aromatic N) is 2. The van der Waals surface area contributed by atoms with E-state index in [4.69, 9.17) is 28.2 Å². The second-order valence-electron chi connectivity index (χ2n) is 7.57. The molecule has 1 heterocycles. The predicted molar refractivity (Wildman–Crippen MR) is 140 cm³/mol. The summed E-state index contributed by atoms with van der Waals surface area (Å²) in [7, 11) is 0. The zero-order valence-corrected chi connectivity index (χ0v) is 20.5. The molecule has 1 N–H and O–H groups in total. The van der Waals surface area contributed by atoms with E-state index < -0.39 is 0 Å². The smallest absolute Gasteiger partial charge is 0.234 e. The predicted octanol–water partition coefficient (Wildman–Crippen LogP) is 7.63. The van der Waals surface area contributed by atoms with Crippen LogP contribution in [0.1, 0.15) is 11.1 Å². The molecule has 0 saturated carbocycles. The quantitative estimate of drug-likeness (QED) is 0.274. The molecule has 7 heteroatoms. The van der Waals surface area contributed by atoms with Crippen LogP contribution in [0, 0.1) is 18.3 Å². The number of benzene rings is 3. The molecule has 0 aliphatic heterocycles. The molecule has 0 aliphatic carbocycles. The summed E-state index contributed by atoms with van der Waals surface area (Å²) in [4.78, 5) is 17.3. The number of hydrogen-bond donors (Lipinski definition) is 1. The van der Waals surface area contributed by atoms with Crippen molar-refractivity contribution in [1.82, 2.24) is 4.98 Å². The van der Waals surface area contributed by atoms with Crippen LogP contribution in [0.25, 0.3) is 22.4 Å². The Labute approximate surface area is 212 Å². The SMILES string of the molecule is Cc1ccc(-c2cc(-c3ccc(Cl)cc3)c(C#N)c(SCC(=O)Nc3cccc(Cl)c3)n2)cc1. The van der Waals surface area contributed by atoms with Gasteiger partial charge in [0.25, 0.3) is 0 Å². The largest absolute Gasteiger partial charge is 0.325 e. The number of carbonyl (C=O) groups is 1. The van der Waals surface area contributed by atoms with Crippen molar-refractivity contribution in [1.29, 1.82) is 5.26 Å². The molecule has 0 fully saturated rings. The first-order valence-corrected chi connectivity index (χ1v) is 12.1. The lowest BCUT2D eigenvalue weighted by Crippen LogP contribution is -2.14. The highest BCUT2D eigenvalue weighted by molar-refractivity contribution is 8.00. The third kappa shape index (κ3) is 5.78. The highest BCUT2D eigenvalue weighted by Gasteiger charge is 2.17. The van der Waals surface area contributed by atoms with Gasteiger partial charge in [0.15, 0.2) is 0 Å². The molecule has 0 spiro atoms. The van der Waals surface area contributed by atoms with Gasteiger partial charge in [-0.25, -0.2) is 4.98 Å². The number of aryl methyl sites for hydroxylation is 1. The van der Waals surface area contributed by atoms with Gasteiger partial charge in [-0.3, -0.25) is 4.79 Å². The number of halogens is 2. The minimum atomic E-state index is -0.216. The molecule has 0 aliphatic rings. The van der Waals surface area contributed by atoms with Crippen LogP contribution in [0.3, 0.4) is 0 Å². The maximum Gasteiger partial charge on any atom is 0.234 e. The number of rotatable bonds is 6. The molecule has 0 radical (unpaired) electrons. The Morgan fingerprint density at radius 1 is 0.971 bits per heavy atom. The first kappa shape index (κ1) is 23.8. The van der Waals surface area contributed by atoms with Crippen molar-refractivity contribution in [2.24, 2.45) is 0 Å². The maximum atomic E-state index is 12.6. The van der Waals surface area contributed by atoms with Crippen LogP contribution in [-0.2, 0) is 4.79 Å². The summed E-state index contributed by atoms with van der Waals surface area (Å²) in [6.07, 6.45) is 0. The number of nitriles is 1. The zero-order valence-electron chi connectivity index (χ0n) is 18.2. The molecule has 4 aromatic rings. The Morgan fingerprint density at radius 3 is 2.35 bits per heavy atom. The number of pyridine rings is 1. The first-order valence-electron chi connectivity index (χ1n) is 10.4.